The lowest BCUT2D eigenvalue weighted by molar-refractivity contribution is 0.0512. The molecule has 19 heavy (non-hydrogen) atoms. The molecule has 0 saturated heterocycles. The van der Waals surface area contributed by atoms with Gasteiger partial charge in [-0.2, -0.15) is 0 Å². The van der Waals surface area contributed by atoms with Crippen molar-refractivity contribution in [3.05, 3.63) is 53.2 Å². The quantitative estimate of drug-likeness (QED) is 0.625. The van der Waals surface area contributed by atoms with E-state index in [2.05, 4.69) is 9.68 Å². The number of hydrogen-bond acceptors (Lipinski definition) is 5. The molecule has 0 unspecified atom stereocenters. The predicted molar refractivity (Wildman–Crippen MR) is 62.3 cm³/mol. The predicted octanol–water partition coefficient (Wildman–Crippen LogP) is 2.22. The van der Waals surface area contributed by atoms with Crippen LogP contribution >= 0.6 is 0 Å². The fourth-order valence-electron chi connectivity index (χ4n) is 1.53. The Labute approximate surface area is 108 Å². The third-order valence-corrected chi connectivity index (χ3v) is 2.37. The van der Waals surface area contributed by atoms with Crippen LogP contribution in [0.5, 0.6) is 0 Å². The van der Waals surface area contributed by atoms with E-state index in [0.29, 0.717) is 0 Å². The standard InChI is InChI=1S/C13H10FNO4/c1-2-18-13(17)11-10(7-19-15-11)12(16)8-4-3-5-9(14)6-8/h3-7H,2H2,1H3. The van der Waals surface area contributed by atoms with E-state index in [1.807, 2.05) is 0 Å². The number of ketones is 1. The van der Waals surface area contributed by atoms with Gasteiger partial charge in [0.2, 0.25) is 5.69 Å². The zero-order valence-electron chi connectivity index (χ0n) is 10.1. The van der Waals surface area contributed by atoms with Crippen molar-refractivity contribution >= 4 is 11.8 Å². The fraction of sp³-hybridized carbons (Fsp3) is 0.154. The summed E-state index contributed by atoms with van der Waals surface area (Å²) in [5.74, 6) is -1.85. The minimum absolute atomic E-state index is 0.0518. The number of aromatic nitrogens is 1. The van der Waals surface area contributed by atoms with E-state index in [1.54, 1.807) is 6.92 Å². The van der Waals surface area contributed by atoms with E-state index in [9.17, 15) is 14.0 Å². The molecular formula is C13H10FNO4. The first-order valence-corrected chi connectivity index (χ1v) is 5.55. The van der Waals surface area contributed by atoms with Gasteiger partial charge in [-0.15, -0.1) is 0 Å². The van der Waals surface area contributed by atoms with Crippen molar-refractivity contribution in [3.63, 3.8) is 0 Å². The van der Waals surface area contributed by atoms with Gasteiger partial charge in [-0.05, 0) is 19.1 Å². The summed E-state index contributed by atoms with van der Waals surface area (Å²) >= 11 is 0. The Balaban J connectivity index is 2.35. The number of hydrogen-bond donors (Lipinski definition) is 0. The second-order valence-electron chi connectivity index (χ2n) is 3.64. The third kappa shape index (κ3) is 2.67. The molecule has 2 rings (SSSR count). The van der Waals surface area contributed by atoms with Crippen LogP contribution in [-0.4, -0.2) is 23.5 Å². The van der Waals surface area contributed by atoms with Gasteiger partial charge in [-0.25, -0.2) is 9.18 Å². The van der Waals surface area contributed by atoms with Gasteiger partial charge in [-0.3, -0.25) is 4.79 Å². The molecule has 0 spiro atoms. The molecule has 0 bridgehead atoms. The Morgan fingerprint density at radius 3 is 2.89 bits per heavy atom. The van der Waals surface area contributed by atoms with Crippen LogP contribution in [0.1, 0.15) is 33.3 Å². The minimum atomic E-state index is -0.754. The molecule has 0 aliphatic rings. The topological polar surface area (TPSA) is 69.4 Å². The molecule has 1 aromatic heterocycles. The van der Waals surface area contributed by atoms with E-state index in [-0.39, 0.29) is 23.4 Å². The van der Waals surface area contributed by atoms with Crippen LogP contribution < -0.4 is 0 Å². The van der Waals surface area contributed by atoms with Crippen LogP contribution in [0.2, 0.25) is 0 Å². The lowest BCUT2D eigenvalue weighted by atomic mass is 10.0. The Kier molecular flexibility index (Phi) is 3.70. The number of nitrogens with zero attached hydrogens (tertiary/aromatic N) is 1. The van der Waals surface area contributed by atoms with Gasteiger partial charge in [0.1, 0.15) is 12.1 Å². The van der Waals surface area contributed by atoms with Gasteiger partial charge in [0.05, 0.1) is 12.2 Å². The van der Waals surface area contributed by atoms with Gasteiger partial charge in [0.15, 0.2) is 5.78 Å². The maximum absolute atomic E-state index is 13.1. The van der Waals surface area contributed by atoms with Crippen LogP contribution in [0.3, 0.4) is 0 Å². The highest BCUT2D eigenvalue weighted by Gasteiger charge is 2.24. The smallest absolute Gasteiger partial charge is 0.361 e. The molecule has 0 atom stereocenters. The van der Waals surface area contributed by atoms with E-state index in [0.717, 1.165) is 12.3 Å². The van der Waals surface area contributed by atoms with Gasteiger partial charge in [0.25, 0.3) is 0 Å². The summed E-state index contributed by atoms with van der Waals surface area (Å²) in [6, 6.07) is 5.13. The summed E-state index contributed by atoms with van der Waals surface area (Å²) in [5, 5.41) is 3.44. The first kappa shape index (κ1) is 12.9. The molecule has 0 radical (unpaired) electrons. The average molecular weight is 263 g/mol. The first-order valence-electron chi connectivity index (χ1n) is 5.55. The molecule has 0 aliphatic carbocycles. The number of esters is 1. The maximum Gasteiger partial charge on any atom is 0.361 e. The van der Waals surface area contributed by atoms with Crippen LogP contribution in [0.25, 0.3) is 0 Å². The molecule has 5 nitrogen and oxygen atoms in total. The molecule has 98 valence electrons. The average Bonchev–Trinajstić information content (AvgIpc) is 2.87. The van der Waals surface area contributed by atoms with Crippen molar-refractivity contribution in [2.75, 3.05) is 6.61 Å². The molecule has 2 aromatic rings. The third-order valence-electron chi connectivity index (χ3n) is 2.37. The Morgan fingerprint density at radius 1 is 1.42 bits per heavy atom. The molecule has 6 heteroatoms. The second kappa shape index (κ2) is 5.43. The summed E-state index contributed by atoms with van der Waals surface area (Å²) in [6.45, 7) is 1.78. The van der Waals surface area contributed by atoms with E-state index >= 15 is 0 Å². The highest BCUT2D eigenvalue weighted by Crippen LogP contribution is 2.15. The Hall–Kier alpha value is -2.50. The van der Waals surface area contributed by atoms with E-state index in [4.69, 9.17) is 4.74 Å². The van der Waals surface area contributed by atoms with Crippen molar-refractivity contribution in [3.8, 4) is 0 Å². The summed E-state index contributed by atoms with van der Waals surface area (Å²) in [5.41, 5.74) is -0.158. The number of ether oxygens (including phenoxy) is 1. The first-order chi connectivity index (χ1) is 9.13. The molecule has 0 saturated carbocycles. The SMILES string of the molecule is CCOC(=O)c1nocc1C(=O)c1cccc(F)c1. The van der Waals surface area contributed by atoms with Crippen LogP contribution in [0.15, 0.2) is 35.1 Å². The summed E-state index contributed by atoms with van der Waals surface area (Å²) < 4.78 is 22.4. The zero-order chi connectivity index (χ0) is 13.8. The normalized spacial score (nSPS) is 10.2. The second-order valence-corrected chi connectivity index (χ2v) is 3.64. The zero-order valence-corrected chi connectivity index (χ0v) is 10.1. The maximum atomic E-state index is 13.1. The monoisotopic (exact) mass is 263 g/mol. The number of rotatable bonds is 4. The lowest BCUT2D eigenvalue weighted by Gasteiger charge is -2.01. The number of halogens is 1. The molecule has 0 aliphatic heterocycles. The molecule has 0 amide bonds. The van der Waals surface area contributed by atoms with Crippen molar-refractivity contribution in [2.45, 2.75) is 6.92 Å². The minimum Gasteiger partial charge on any atom is -0.461 e. The van der Waals surface area contributed by atoms with Crippen LogP contribution in [-0.2, 0) is 4.74 Å². The molecule has 1 heterocycles. The van der Waals surface area contributed by atoms with Gasteiger partial charge in [0, 0.05) is 5.56 Å². The number of carbonyl (C=O) groups excluding carboxylic acids is 2. The van der Waals surface area contributed by atoms with Gasteiger partial charge in [-0.1, -0.05) is 17.3 Å². The molecule has 0 fully saturated rings. The number of carbonyl (C=O) groups is 2. The van der Waals surface area contributed by atoms with Crippen molar-refractivity contribution in [1.82, 2.24) is 5.16 Å². The van der Waals surface area contributed by atoms with Crippen molar-refractivity contribution in [2.24, 2.45) is 0 Å². The highest BCUT2D eigenvalue weighted by molar-refractivity contribution is 6.13. The van der Waals surface area contributed by atoms with E-state index in [1.165, 1.54) is 18.2 Å². The van der Waals surface area contributed by atoms with Crippen LogP contribution in [0.4, 0.5) is 4.39 Å². The van der Waals surface area contributed by atoms with Crippen LogP contribution in [0, 0.1) is 5.82 Å². The summed E-state index contributed by atoms with van der Waals surface area (Å²) in [6.07, 6.45) is 1.04. The molecular weight excluding hydrogens is 253 g/mol. The Bertz CT molecular complexity index is 621. The Morgan fingerprint density at radius 2 is 2.21 bits per heavy atom. The van der Waals surface area contributed by atoms with Gasteiger partial charge < -0.3 is 9.26 Å². The van der Waals surface area contributed by atoms with Gasteiger partial charge >= 0.3 is 5.97 Å². The summed E-state index contributed by atoms with van der Waals surface area (Å²) in [4.78, 5) is 23.7. The van der Waals surface area contributed by atoms with Crippen molar-refractivity contribution in [1.29, 1.82) is 0 Å². The molecule has 1 aromatic carbocycles. The molecule has 0 N–H and O–H groups in total. The van der Waals surface area contributed by atoms with E-state index < -0.39 is 17.6 Å². The lowest BCUT2D eigenvalue weighted by Crippen LogP contribution is -2.11. The van der Waals surface area contributed by atoms with Crippen molar-refractivity contribution < 1.29 is 23.2 Å². The fourth-order valence-corrected chi connectivity index (χ4v) is 1.53. The highest BCUT2D eigenvalue weighted by atomic mass is 19.1. The summed E-state index contributed by atoms with van der Waals surface area (Å²) in [7, 11) is 0. The number of benzene rings is 1. The largest absolute Gasteiger partial charge is 0.461 e.